The average Bonchev–Trinajstić information content (AvgIpc) is 3.19. The Morgan fingerprint density at radius 1 is 1.06 bits per heavy atom. The first-order chi connectivity index (χ1) is 16.3. The van der Waals surface area contributed by atoms with Crippen LogP contribution in [0.5, 0.6) is 5.75 Å². The maximum atomic E-state index is 11.4. The predicted molar refractivity (Wildman–Crippen MR) is 124 cm³/mol. The topological polar surface area (TPSA) is 154 Å². The number of fused-ring (bicyclic) bond motifs is 3. The molecule has 2 aromatic carbocycles. The highest BCUT2D eigenvalue weighted by Gasteiger charge is 2.48. The Hall–Kier alpha value is -2.73. The fraction of sp³-hybridized carbons (Fsp3) is 0.458. The summed E-state index contributed by atoms with van der Waals surface area (Å²) in [6.45, 7) is 4.28. The second kappa shape index (κ2) is 10.3. The van der Waals surface area contributed by atoms with Crippen molar-refractivity contribution in [3.63, 3.8) is 0 Å². The second-order valence-electron chi connectivity index (χ2n) is 8.72. The Labute approximate surface area is 196 Å². The number of carboxylic acid groups (broad SMARTS) is 1. The van der Waals surface area contributed by atoms with Gasteiger partial charge in [0.05, 0.1) is 5.52 Å². The van der Waals surface area contributed by atoms with Gasteiger partial charge < -0.3 is 44.9 Å². The van der Waals surface area contributed by atoms with Gasteiger partial charge in [-0.05, 0) is 18.2 Å². The minimum absolute atomic E-state index is 0.0569. The van der Waals surface area contributed by atoms with Gasteiger partial charge in [0.2, 0.25) is 0 Å². The van der Waals surface area contributed by atoms with Gasteiger partial charge in [-0.3, -0.25) is 0 Å². The van der Waals surface area contributed by atoms with E-state index in [1.54, 1.807) is 0 Å². The Balaban J connectivity index is 1.54. The van der Waals surface area contributed by atoms with Crippen molar-refractivity contribution in [2.45, 2.75) is 56.7 Å². The number of ether oxygens (including phenoxy) is 3. The van der Waals surface area contributed by atoms with Crippen molar-refractivity contribution in [2.24, 2.45) is 0 Å². The van der Waals surface area contributed by atoms with Gasteiger partial charge in [0.25, 0.3) is 0 Å². The fourth-order valence-electron chi connectivity index (χ4n) is 4.04. The molecule has 1 fully saturated rings. The number of hydrogen-bond acceptors (Lipinski definition) is 8. The van der Waals surface area contributed by atoms with Crippen LogP contribution in [0.3, 0.4) is 0 Å². The Kier molecular flexibility index (Phi) is 7.36. The Morgan fingerprint density at radius 3 is 2.53 bits per heavy atom. The molecule has 1 aliphatic rings. The zero-order valence-corrected chi connectivity index (χ0v) is 18.9. The summed E-state index contributed by atoms with van der Waals surface area (Å²) in [5, 5.41) is 44.8. The first-order valence-corrected chi connectivity index (χ1v) is 11.2. The molecular formula is C24H30N2O8. The van der Waals surface area contributed by atoms with Crippen LogP contribution >= 0.6 is 0 Å². The third-order valence-corrected chi connectivity index (χ3v) is 5.81. The molecule has 10 nitrogen and oxygen atoms in total. The van der Waals surface area contributed by atoms with Crippen molar-refractivity contribution in [1.29, 1.82) is 0 Å². The summed E-state index contributed by atoms with van der Waals surface area (Å²) < 4.78 is 17.3. The number of hydrogen-bond donors (Lipinski definition) is 6. The van der Waals surface area contributed by atoms with Crippen LogP contribution in [0.25, 0.3) is 21.8 Å². The second-order valence-corrected chi connectivity index (χ2v) is 8.72. The van der Waals surface area contributed by atoms with Gasteiger partial charge in [-0.2, -0.15) is 0 Å². The van der Waals surface area contributed by atoms with Gasteiger partial charge in [0, 0.05) is 28.9 Å². The number of nitrogens with one attached hydrogen (secondary N) is 2. The van der Waals surface area contributed by atoms with Crippen molar-refractivity contribution in [3.8, 4) is 5.75 Å². The molecule has 6 N–H and O–H groups in total. The molecule has 34 heavy (non-hydrogen) atoms. The number of aliphatic carboxylic acids is 1. The SMILES string of the molecule is CC(C)NC[C@H](COc1cccc2[nH]c3ccccc3c12)O[C@@H]1O[C@H](C(=O)O)[C@@H](O)[C@H](O)[C@H]1O. The maximum Gasteiger partial charge on any atom is 0.335 e. The Bertz CT molecular complexity index is 1130. The van der Waals surface area contributed by atoms with Crippen LogP contribution in [0, 0.1) is 0 Å². The summed E-state index contributed by atoms with van der Waals surface area (Å²) in [5.74, 6) is -0.830. The molecule has 0 unspecified atom stereocenters. The van der Waals surface area contributed by atoms with E-state index in [0.29, 0.717) is 12.3 Å². The zero-order chi connectivity index (χ0) is 24.4. The standard InChI is InChI=1S/C24H30N2O8/c1-12(2)25-10-13(33-24-21(29)19(27)20(28)22(34-24)23(30)31)11-32-17-9-5-8-16-18(17)14-6-3-4-7-15(14)26-16/h3-9,12-13,19-22,24-29H,10-11H2,1-2H3,(H,30,31)/t13-,19+,20+,21-,22+,24-/m1/s1. The maximum absolute atomic E-state index is 11.4. The van der Waals surface area contributed by atoms with E-state index in [4.69, 9.17) is 14.2 Å². The normalized spacial score (nSPS) is 26.2. The van der Waals surface area contributed by atoms with E-state index in [0.717, 1.165) is 21.8 Å². The van der Waals surface area contributed by atoms with Crippen LogP contribution in [-0.4, -0.2) is 87.4 Å². The predicted octanol–water partition coefficient (Wildman–Crippen LogP) is 0.975. The molecule has 0 spiro atoms. The third kappa shape index (κ3) is 5.02. The number of para-hydroxylation sites is 1. The monoisotopic (exact) mass is 474 g/mol. The minimum atomic E-state index is -1.78. The summed E-state index contributed by atoms with van der Waals surface area (Å²) in [6, 6.07) is 13.7. The fourth-order valence-corrected chi connectivity index (χ4v) is 4.04. The molecule has 0 radical (unpaired) electrons. The van der Waals surface area contributed by atoms with Crippen LogP contribution in [-0.2, 0) is 14.3 Å². The highest BCUT2D eigenvalue weighted by atomic mass is 16.7. The van der Waals surface area contributed by atoms with Gasteiger partial charge in [-0.1, -0.05) is 38.1 Å². The third-order valence-electron chi connectivity index (χ3n) is 5.81. The molecule has 0 saturated carbocycles. The summed E-state index contributed by atoms with van der Waals surface area (Å²) in [4.78, 5) is 14.8. The number of aromatic nitrogens is 1. The molecule has 4 rings (SSSR count). The first-order valence-electron chi connectivity index (χ1n) is 11.2. The Morgan fingerprint density at radius 2 is 1.79 bits per heavy atom. The van der Waals surface area contributed by atoms with E-state index in [1.807, 2.05) is 56.3 Å². The number of carboxylic acids is 1. The van der Waals surface area contributed by atoms with Crippen molar-refractivity contribution in [2.75, 3.05) is 13.2 Å². The zero-order valence-electron chi connectivity index (χ0n) is 18.9. The van der Waals surface area contributed by atoms with Crippen LogP contribution in [0.2, 0.25) is 0 Å². The number of carbonyl (C=O) groups is 1. The first kappa shape index (κ1) is 24.4. The van der Waals surface area contributed by atoms with Crippen molar-refractivity contribution >= 4 is 27.8 Å². The summed E-state index contributed by atoms with van der Waals surface area (Å²) in [7, 11) is 0. The number of aliphatic hydroxyl groups excluding tert-OH is 3. The summed E-state index contributed by atoms with van der Waals surface area (Å²) in [6.07, 6.45) is -9.02. The van der Waals surface area contributed by atoms with Gasteiger partial charge in [0.15, 0.2) is 12.4 Å². The van der Waals surface area contributed by atoms with E-state index >= 15 is 0 Å². The molecule has 0 amide bonds. The smallest absolute Gasteiger partial charge is 0.335 e. The molecule has 0 aliphatic carbocycles. The number of aromatic amines is 1. The highest BCUT2D eigenvalue weighted by Crippen LogP contribution is 2.33. The van der Waals surface area contributed by atoms with Gasteiger partial charge >= 0.3 is 5.97 Å². The lowest BCUT2D eigenvalue weighted by molar-refractivity contribution is -0.305. The molecule has 1 aliphatic heterocycles. The van der Waals surface area contributed by atoms with Crippen LogP contribution < -0.4 is 10.1 Å². The van der Waals surface area contributed by atoms with E-state index in [-0.39, 0.29) is 12.6 Å². The number of aliphatic hydroxyl groups is 3. The lowest BCUT2D eigenvalue weighted by atomic mass is 9.99. The quantitative estimate of drug-likeness (QED) is 0.266. The minimum Gasteiger partial charge on any atom is -0.490 e. The van der Waals surface area contributed by atoms with Crippen LogP contribution in [0.1, 0.15) is 13.8 Å². The molecular weight excluding hydrogens is 444 g/mol. The molecule has 1 aromatic heterocycles. The van der Waals surface area contributed by atoms with E-state index in [9.17, 15) is 25.2 Å². The molecule has 6 atom stereocenters. The van der Waals surface area contributed by atoms with E-state index in [1.165, 1.54) is 0 Å². The molecule has 0 bridgehead atoms. The van der Waals surface area contributed by atoms with Crippen molar-refractivity contribution in [1.82, 2.24) is 10.3 Å². The van der Waals surface area contributed by atoms with Crippen LogP contribution in [0.15, 0.2) is 42.5 Å². The largest absolute Gasteiger partial charge is 0.490 e. The molecule has 10 heteroatoms. The number of rotatable bonds is 9. The van der Waals surface area contributed by atoms with Crippen LogP contribution in [0.4, 0.5) is 0 Å². The molecule has 1 saturated heterocycles. The summed E-state index contributed by atoms with van der Waals surface area (Å²) >= 11 is 0. The van der Waals surface area contributed by atoms with Crippen molar-refractivity contribution < 1.29 is 39.4 Å². The van der Waals surface area contributed by atoms with Gasteiger partial charge in [-0.25, -0.2) is 4.79 Å². The van der Waals surface area contributed by atoms with Gasteiger partial charge in [-0.15, -0.1) is 0 Å². The molecule has 184 valence electrons. The average molecular weight is 475 g/mol. The van der Waals surface area contributed by atoms with Crippen molar-refractivity contribution in [3.05, 3.63) is 42.5 Å². The van der Waals surface area contributed by atoms with E-state index in [2.05, 4.69) is 10.3 Å². The van der Waals surface area contributed by atoms with E-state index < -0.39 is 42.8 Å². The molecule has 3 aromatic rings. The molecule has 2 heterocycles. The van der Waals surface area contributed by atoms with Gasteiger partial charge in [0.1, 0.15) is 36.8 Å². The lowest BCUT2D eigenvalue weighted by Gasteiger charge is -2.39. The lowest BCUT2D eigenvalue weighted by Crippen LogP contribution is -2.61. The summed E-state index contributed by atoms with van der Waals surface area (Å²) in [5.41, 5.74) is 1.90. The highest BCUT2D eigenvalue weighted by molar-refractivity contribution is 6.10. The number of benzene rings is 2. The number of H-pyrrole nitrogens is 1.